The van der Waals surface area contributed by atoms with Crippen LogP contribution in [0.25, 0.3) is 22.3 Å². The van der Waals surface area contributed by atoms with Crippen LogP contribution in [0.3, 0.4) is 0 Å². The van der Waals surface area contributed by atoms with Gasteiger partial charge in [0.1, 0.15) is 11.6 Å². The van der Waals surface area contributed by atoms with Gasteiger partial charge in [-0.2, -0.15) is 0 Å². The lowest BCUT2D eigenvalue weighted by Crippen LogP contribution is -2.31. The Labute approximate surface area is 279 Å². The lowest BCUT2D eigenvalue weighted by molar-refractivity contribution is 0.180. The minimum atomic E-state index is 0. The summed E-state index contributed by atoms with van der Waals surface area (Å²) in [6.07, 6.45) is 4.98. The topological polar surface area (TPSA) is 69.2 Å². The second-order valence-corrected chi connectivity index (χ2v) is 10.9. The van der Waals surface area contributed by atoms with E-state index in [0.717, 1.165) is 88.7 Å². The average Bonchev–Trinajstić information content (AvgIpc) is 3.28. The van der Waals surface area contributed by atoms with Gasteiger partial charge in [-0.1, -0.05) is 12.1 Å². The molecule has 1 aliphatic heterocycles. The fourth-order valence-electron chi connectivity index (χ4n) is 5.72. The van der Waals surface area contributed by atoms with Crippen LogP contribution in [0, 0.1) is 0 Å². The minimum Gasteiger partial charge on any atom is -0.380 e. The van der Waals surface area contributed by atoms with Crippen LogP contribution in [-0.2, 0) is 45.4 Å². The molecule has 0 amide bonds. The molecule has 1 fully saturated rings. The number of benzene rings is 2. The maximum Gasteiger partial charge on any atom is 0.128 e. The van der Waals surface area contributed by atoms with Gasteiger partial charge < -0.3 is 28.7 Å². The number of methoxy groups -OCH3 is 4. The van der Waals surface area contributed by atoms with Gasteiger partial charge in [-0.25, -0.2) is 9.97 Å². The summed E-state index contributed by atoms with van der Waals surface area (Å²) >= 11 is 0. The van der Waals surface area contributed by atoms with Gasteiger partial charge in [-0.3, -0.25) is 0 Å². The Morgan fingerprint density at radius 1 is 0.489 bits per heavy atom. The van der Waals surface area contributed by atoms with E-state index in [4.69, 9.17) is 28.9 Å². The Kier molecular flexibility index (Phi) is 14.5. The number of anilines is 2. The summed E-state index contributed by atoms with van der Waals surface area (Å²) in [5.74, 6) is 2.00. The number of rotatable bonds is 12. The third-order valence-corrected chi connectivity index (χ3v) is 7.66. The molecule has 0 spiro atoms. The fourth-order valence-corrected chi connectivity index (χ4v) is 5.72. The number of pyridine rings is 2. The molecule has 2 aromatic carbocycles. The van der Waals surface area contributed by atoms with Crippen molar-refractivity contribution in [1.82, 2.24) is 9.97 Å². The summed E-state index contributed by atoms with van der Waals surface area (Å²) in [6.45, 7) is 5.94. The predicted octanol–water partition coefficient (Wildman–Crippen LogP) is 6.96. The Morgan fingerprint density at radius 2 is 0.844 bits per heavy atom. The zero-order valence-corrected chi connectivity index (χ0v) is 28.2. The van der Waals surface area contributed by atoms with Crippen molar-refractivity contribution in [2.24, 2.45) is 0 Å². The lowest BCUT2D eigenvalue weighted by Gasteiger charge is -2.23. The molecule has 2 aromatic heterocycles. The molecule has 10 heteroatoms. The summed E-state index contributed by atoms with van der Waals surface area (Å²) in [6, 6.07) is 21.5. The van der Waals surface area contributed by atoms with Crippen LogP contribution < -0.4 is 9.80 Å². The van der Waals surface area contributed by atoms with Crippen LogP contribution in [0.4, 0.5) is 11.6 Å². The van der Waals surface area contributed by atoms with Crippen molar-refractivity contribution in [3.63, 3.8) is 0 Å². The van der Waals surface area contributed by atoms with Crippen molar-refractivity contribution in [3.8, 4) is 22.3 Å². The van der Waals surface area contributed by atoms with E-state index >= 15 is 0 Å². The van der Waals surface area contributed by atoms with Crippen molar-refractivity contribution >= 4 is 36.4 Å². The van der Waals surface area contributed by atoms with Crippen LogP contribution >= 0.6 is 24.8 Å². The van der Waals surface area contributed by atoms with Crippen molar-refractivity contribution in [2.75, 3.05) is 64.4 Å². The third-order valence-electron chi connectivity index (χ3n) is 7.66. The van der Waals surface area contributed by atoms with Crippen molar-refractivity contribution in [3.05, 3.63) is 95.3 Å². The zero-order chi connectivity index (χ0) is 30.0. The van der Waals surface area contributed by atoms with Gasteiger partial charge in [-0.05, 0) is 88.3 Å². The molecule has 0 N–H and O–H groups in total. The monoisotopic (exact) mass is 654 g/mol. The predicted molar refractivity (Wildman–Crippen MR) is 186 cm³/mol. The molecule has 0 saturated carbocycles. The molecule has 5 rings (SSSR count). The Morgan fingerprint density at radius 3 is 1.13 bits per heavy atom. The van der Waals surface area contributed by atoms with E-state index in [1.165, 1.54) is 0 Å². The number of ether oxygens (including phenoxy) is 4. The quantitative estimate of drug-likeness (QED) is 0.162. The van der Waals surface area contributed by atoms with Gasteiger partial charge in [0.05, 0.1) is 26.4 Å². The van der Waals surface area contributed by atoms with Gasteiger partial charge in [0.2, 0.25) is 0 Å². The van der Waals surface area contributed by atoms with Crippen LogP contribution in [0.2, 0.25) is 0 Å². The first-order valence-corrected chi connectivity index (χ1v) is 14.7. The normalized spacial score (nSPS) is 13.2. The first-order chi connectivity index (χ1) is 21.1. The summed E-state index contributed by atoms with van der Waals surface area (Å²) in [4.78, 5) is 14.5. The maximum absolute atomic E-state index is 5.37. The average molecular weight is 656 g/mol. The number of nitrogens with zero attached hydrogens (tertiary/aromatic N) is 4. The smallest absolute Gasteiger partial charge is 0.128 e. The van der Waals surface area contributed by atoms with E-state index in [9.17, 15) is 0 Å². The third kappa shape index (κ3) is 9.63. The molecular formula is C35H44Cl2N4O4. The summed E-state index contributed by atoms with van der Waals surface area (Å²) < 4.78 is 21.5. The van der Waals surface area contributed by atoms with E-state index < -0.39 is 0 Å². The van der Waals surface area contributed by atoms with E-state index in [0.29, 0.717) is 26.4 Å². The largest absolute Gasteiger partial charge is 0.380 e. The van der Waals surface area contributed by atoms with Crippen molar-refractivity contribution in [1.29, 1.82) is 0 Å². The number of aromatic nitrogens is 2. The molecule has 0 atom stereocenters. The van der Waals surface area contributed by atoms with Crippen LogP contribution in [0.15, 0.2) is 73.1 Å². The molecule has 242 valence electrons. The summed E-state index contributed by atoms with van der Waals surface area (Å²) in [5, 5.41) is 0. The molecule has 0 bridgehead atoms. The standard InChI is InChI=1S/C35H42N4O4.2ClH/c1-40-22-26-14-27(23-41-2)17-32(16-26)30-6-8-34(36-20-30)38-10-5-11-39(13-12-38)35-9-7-31(21-37-35)33-18-28(24-42-3)15-29(19-33)25-43-4;;/h6-9,14-21H,5,10-13,22-25H2,1-4H3;2*1H. The van der Waals surface area contributed by atoms with Gasteiger partial charge >= 0.3 is 0 Å². The first-order valence-electron chi connectivity index (χ1n) is 14.7. The highest BCUT2D eigenvalue weighted by Crippen LogP contribution is 2.27. The molecule has 0 aliphatic carbocycles. The molecule has 8 nitrogen and oxygen atoms in total. The molecule has 1 saturated heterocycles. The van der Waals surface area contributed by atoms with Crippen molar-refractivity contribution < 1.29 is 18.9 Å². The van der Waals surface area contributed by atoms with Crippen LogP contribution in [0.1, 0.15) is 28.7 Å². The second-order valence-electron chi connectivity index (χ2n) is 10.9. The summed E-state index contributed by atoms with van der Waals surface area (Å²) in [5.41, 5.74) is 8.92. The van der Waals surface area contributed by atoms with Gasteiger partial charge in [0, 0.05) is 78.1 Å². The first kappa shape index (κ1) is 36.2. The fraction of sp³-hybridized carbons (Fsp3) is 0.371. The van der Waals surface area contributed by atoms with E-state index in [1.807, 2.05) is 12.4 Å². The highest BCUT2D eigenvalue weighted by Gasteiger charge is 2.18. The van der Waals surface area contributed by atoms with Crippen molar-refractivity contribution in [2.45, 2.75) is 32.8 Å². The van der Waals surface area contributed by atoms with Gasteiger partial charge in [0.15, 0.2) is 0 Å². The second kappa shape index (κ2) is 18.0. The number of hydrogen-bond donors (Lipinski definition) is 0. The van der Waals surface area contributed by atoms with Crippen LogP contribution in [-0.4, -0.2) is 64.6 Å². The van der Waals surface area contributed by atoms with E-state index in [1.54, 1.807) is 28.4 Å². The maximum atomic E-state index is 5.37. The molecule has 0 radical (unpaired) electrons. The van der Waals surface area contributed by atoms with E-state index in [-0.39, 0.29) is 24.8 Å². The molecule has 3 heterocycles. The highest BCUT2D eigenvalue weighted by molar-refractivity contribution is 5.85. The summed E-state index contributed by atoms with van der Waals surface area (Å²) in [7, 11) is 6.87. The Bertz CT molecular complexity index is 1310. The molecule has 45 heavy (non-hydrogen) atoms. The molecule has 4 aromatic rings. The Balaban J connectivity index is 0.00000276. The SMILES string of the molecule is COCc1cc(COC)cc(-c2ccc(N3CCCN(c4ccc(-c5cc(COC)cc(COC)c5)cn4)CC3)nc2)c1.Cl.Cl. The molecule has 0 unspecified atom stereocenters. The molecular weight excluding hydrogens is 611 g/mol. The zero-order valence-electron chi connectivity index (χ0n) is 26.5. The highest BCUT2D eigenvalue weighted by atomic mass is 35.5. The Hall–Kier alpha value is -3.24. The molecule has 1 aliphatic rings. The lowest BCUT2D eigenvalue weighted by atomic mass is 10.0. The minimum absolute atomic E-state index is 0. The van der Waals surface area contributed by atoms with E-state index in [2.05, 4.69) is 70.5 Å². The van der Waals surface area contributed by atoms with Gasteiger partial charge in [0.25, 0.3) is 0 Å². The number of hydrogen-bond acceptors (Lipinski definition) is 8. The number of halogens is 2. The van der Waals surface area contributed by atoms with Gasteiger partial charge in [-0.15, -0.1) is 24.8 Å². The van der Waals surface area contributed by atoms with Crippen LogP contribution in [0.5, 0.6) is 0 Å².